The van der Waals surface area contributed by atoms with Gasteiger partial charge in [0.2, 0.25) is 5.91 Å². The van der Waals surface area contributed by atoms with E-state index in [1.54, 1.807) is 12.1 Å². The van der Waals surface area contributed by atoms with Gasteiger partial charge in [0.15, 0.2) is 0 Å². The van der Waals surface area contributed by atoms with Crippen LogP contribution in [0.5, 0.6) is 5.75 Å². The van der Waals surface area contributed by atoms with Crippen LogP contribution in [0.25, 0.3) is 16.7 Å². The normalized spacial score (nSPS) is 10.6. The predicted molar refractivity (Wildman–Crippen MR) is 89.3 cm³/mol. The standard InChI is InChI=1S/C17H16N4O3/c1-11(22)8-17(23)18-15-9-13-14(10-16(15)24-2)20-21(19-13)12-6-4-3-5-7-12/h3-7,9-10H,8H2,1-2H3,(H,18,23). The van der Waals surface area contributed by atoms with Crippen molar-refractivity contribution in [1.82, 2.24) is 15.0 Å². The maximum Gasteiger partial charge on any atom is 0.231 e. The van der Waals surface area contributed by atoms with Crippen LogP contribution < -0.4 is 10.1 Å². The van der Waals surface area contributed by atoms with E-state index in [9.17, 15) is 9.59 Å². The monoisotopic (exact) mass is 324 g/mol. The topological polar surface area (TPSA) is 86.1 Å². The minimum Gasteiger partial charge on any atom is -0.494 e. The molecule has 3 rings (SSSR count). The average Bonchev–Trinajstić information content (AvgIpc) is 2.97. The number of rotatable bonds is 5. The summed E-state index contributed by atoms with van der Waals surface area (Å²) in [7, 11) is 1.50. The summed E-state index contributed by atoms with van der Waals surface area (Å²) >= 11 is 0. The van der Waals surface area contributed by atoms with E-state index in [0.717, 1.165) is 5.69 Å². The number of carbonyl (C=O) groups excluding carboxylic acids is 2. The van der Waals surface area contributed by atoms with Crippen LogP contribution in [0.15, 0.2) is 42.5 Å². The van der Waals surface area contributed by atoms with Gasteiger partial charge in [0, 0.05) is 6.07 Å². The Morgan fingerprint density at radius 3 is 2.42 bits per heavy atom. The summed E-state index contributed by atoms with van der Waals surface area (Å²) in [5, 5.41) is 11.5. The van der Waals surface area contributed by atoms with Gasteiger partial charge in [0.25, 0.3) is 0 Å². The summed E-state index contributed by atoms with van der Waals surface area (Å²) in [6, 6.07) is 12.9. The van der Waals surface area contributed by atoms with Gasteiger partial charge < -0.3 is 10.1 Å². The highest BCUT2D eigenvalue weighted by Crippen LogP contribution is 2.29. The van der Waals surface area contributed by atoms with E-state index in [4.69, 9.17) is 4.74 Å². The van der Waals surface area contributed by atoms with Crippen molar-refractivity contribution >= 4 is 28.4 Å². The number of nitrogens with zero attached hydrogens (tertiary/aromatic N) is 3. The Kier molecular flexibility index (Phi) is 4.24. The van der Waals surface area contributed by atoms with Crippen LogP contribution in [0.3, 0.4) is 0 Å². The van der Waals surface area contributed by atoms with E-state index in [1.165, 1.54) is 18.8 Å². The number of aromatic nitrogens is 3. The Hall–Kier alpha value is -3.22. The number of anilines is 1. The Labute approximate surface area is 138 Å². The summed E-state index contributed by atoms with van der Waals surface area (Å²) in [4.78, 5) is 24.4. The second-order valence-electron chi connectivity index (χ2n) is 5.29. The van der Waals surface area contributed by atoms with Crippen molar-refractivity contribution in [2.75, 3.05) is 12.4 Å². The molecule has 0 spiro atoms. The lowest BCUT2D eigenvalue weighted by molar-refractivity contribution is -0.124. The lowest BCUT2D eigenvalue weighted by Crippen LogP contribution is -2.15. The van der Waals surface area contributed by atoms with Crippen molar-refractivity contribution in [3.63, 3.8) is 0 Å². The summed E-state index contributed by atoms with van der Waals surface area (Å²) in [6.45, 7) is 1.37. The van der Waals surface area contributed by atoms with Crippen LogP contribution in [0.1, 0.15) is 13.3 Å². The highest BCUT2D eigenvalue weighted by atomic mass is 16.5. The van der Waals surface area contributed by atoms with E-state index in [-0.39, 0.29) is 12.2 Å². The maximum atomic E-state index is 11.8. The molecule has 7 nitrogen and oxygen atoms in total. The second-order valence-corrected chi connectivity index (χ2v) is 5.29. The molecule has 7 heteroatoms. The molecular weight excluding hydrogens is 308 g/mol. The van der Waals surface area contributed by atoms with Crippen molar-refractivity contribution in [2.45, 2.75) is 13.3 Å². The summed E-state index contributed by atoms with van der Waals surface area (Å²) in [6.07, 6.45) is -0.183. The summed E-state index contributed by atoms with van der Waals surface area (Å²) < 4.78 is 5.30. The molecule has 0 fully saturated rings. The molecule has 3 aromatic rings. The molecule has 0 radical (unpaired) electrons. The van der Waals surface area contributed by atoms with Crippen molar-refractivity contribution in [3.05, 3.63) is 42.5 Å². The molecule has 0 aliphatic heterocycles. The van der Waals surface area contributed by atoms with Crippen molar-refractivity contribution in [1.29, 1.82) is 0 Å². The molecule has 0 aliphatic rings. The van der Waals surface area contributed by atoms with Gasteiger partial charge in [-0.3, -0.25) is 9.59 Å². The van der Waals surface area contributed by atoms with E-state index >= 15 is 0 Å². The lowest BCUT2D eigenvalue weighted by atomic mass is 10.2. The number of fused-ring (bicyclic) bond motifs is 1. The maximum absolute atomic E-state index is 11.8. The highest BCUT2D eigenvalue weighted by molar-refractivity contribution is 6.04. The lowest BCUT2D eigenvalue weighted by Gasteiger charge is -2.09. The average molecular weight is 324 g/mol. The first-order valence-corrected chi connectivity index (χ1v) is 7.36. The van der Waals surface area contributed by atoms with E-state index < -0.39 is 5.91 Å². The summed E-state index contributed by atoms with van der Waals surface area (Å²) in [5.74, 6) is -0.141. The highest BCUT2D eigenvalue weighted by Gasteiger charge is 2.14. The van der Waals surface area contributed by atoms with Gasteiger partial charge >= 0.3 is 0 Å². The molecule has 0 unspecified atom stereocenters. The van der Waals surface area contributed by atoms with Gasteiger partial charge in [-0.15, -0.1) is 10.2 Å². The zero-order chi connectivity index (χ0) is 17.1. The zero-order valence-electron chi connectivity index (χ0n) is 13.3. The van der Waals surface area contributed by atoms with Crippen LogP contribution in [0.2, 0.25) is 0 Å². The fourth-order valence-corrected chi connectivity index (χ4v) is 2.31. The number of hydrogen-bond donors (Lipinski definition) is 1. The number of para-hydroxylation sites is 1. The number of benzene rings is 2. The molecule has 24 heavy (non-hydrogen) atoms. The first-order chi connectivity index (χ1) is 11.6. The smallest absolute Gasteiger partial charge is 0.231 e. The molecule has 1 aromatic heterocycles. The minimum atomic E-state index is -0.393. The molecule has 0 saturated carbocycles. The molecular formula is C17H16N4O3. The van der Waals surface area contributed by atoms with Gasteiger partial charge in [-0.05, 0) is 25.1 Å². The van der Waals surface area contributed by atoms with Crippen molar-refractivity contribution in [3.8, 4) is 11.4 Å². The van der Waals surface area contributed by atoms with Crippen LogP contribution in [0, 0.1) is 0 Å². The number of amides is 1. The van der Waals surface area contributed by atoms with Crippen LogP contribution in [-0.2, 0) is 9.59 Å². The molecule has 0 atom stereocenters. The van der Waals surface area contributed by atoms with Gasteiger partial charge in [-0.2, -0.15) is 4.80 Å². The molecule has 2 aromatic carbocycles. The van der Waals surface area contributed by atoms with E-state index in [2.05, 4.69) is 15.5 Å². The third-order valence-corrected chi connectivity index (χ3v) is 3.37. The largest absolute Gasteiger partial charge is 0.494 e. The number of hydrogen-bond acceptors (Lipinski definition) is 5. The van der Waals surface area contributed by atoms with E-state index in [1.807, 2.05) is 30.3 Å². The SMILES string of the molecule is COc1cc2nn(-c3ccccc3)nc2cc1NC(=O)CC(C)=O. The first-order valence-electron chi connectivity index (χ1n) is 7.36. The number of Topliss-reactive ketones (excluding diaryl/α,β-unsaturated/α-hetero) is 1. The number of methoxy groups -OCH3 is 1. The van der Waals surface area contributed by atoms with Crippen LogP contribution in [0.4, 0.5) is 5.69 Å². The minimum absolute atomic E-state index is 0.183. The Morgan fingerprint density at radius 1 is 1.12 bits per heavy atom. The predicted octanol–water partition coefficient (Wildman–Crippen LogP) is 2.35. The molecule has 0 saturated heterocycles. The number of ketones is 1. The Morgan fingerprint density at radius 2 is 1.79 bits per heavy atom. The number of ether oxygens (including phenoxy) is 1. The first kappa shape index (κ1) is 15.7. The van der Waals surface area contributed by atoms with Crippen molar-refractivity contribution < 1.29 is 14.3 Å². The fraction of sp³-hybridized carbons (Fsp3) is 0.176. The summed E-state index contributed by atoms with van der Waals surface area (Å²) in [5.41, 5.74) is 2.53. The van der Waals surface area contributed by atoms with Crippen LogP contribution in [-0.4, -0.2) is 33.8 Å². The van der Waals surface area contributed by atoms with Gasteiger partial charge in [-0.25, -0.2) is 0 Å². The fourth-order valence-electron chi connectivity index (χ4n) is 2.31. The van der Waals surface area contributed by atoms with Crippen LogP contribution >= 0.6 is 0 Å². The number of carbonyl (C=O) groups is 2. The van der Waals surface area contributed by atoms with Gasteiger partial charge in [-0.1, -0.05) is 18.2 Å². The van der Waals surface area contributed by atoms with E-state index in [0.29, 0.717) is 22.5 Å². The molecule has 1 N–H and O–H groups in total. The molecule has 122 valence electrons. The quantitative estimate of drug-likeness (QED) is 0.728. The van der Waals surface area contributed by atoms with Gasteiger partial charge in [0.1, 0.15) is 22.6 Å². The molecule has 0 bridgehead atoms. The Bertz CT molecular complexity index is 903. The van der Waals surface area contributed by atoms with Crippen molar-refractivity contribution in [2.24, 2.45) is 0 Å². The molecule has 0 aliphatic carbocycles. The third-order valence-electron chi connectivity index (χ3n) is 3.37. The van der Waals surface area contributed by atoms with Gasteiger partial charge in [0.05, 0.1) is 24.9 Å². The third kappa shape index (κ3) is 3.24. The molecule has 1 amide bonds. The molecule has 1 heterocycles. The Balaban J connectivity index is 1.98. The number of nitrogens with one attached hydrogen (secondary N) is 1. The zero-order valence-corrected chi connectivity index (χ0v) is 13.3. The second kappa shape index (κ2) is 6.49.